The van der Waals surface area contributed by atoms with Gasteiger partial charge in [0.1, 0.15) is 11.5 Å². The highest BCUT2D eigenvalue weighted by Crippen LogP contribution is 2.47. The second-order valence-corrected chi connectivity index (χ2v) is 5.61. The van der Waals surface area contributed by atoms with Crippen LogP contribution in [0.1, 0.15) is 42.9 Å². The number of amides is 1. The van der Waals surface area contributed by atoms with Gasteiger partial charge in [0, 0.05) is 30.5 Å². The first-order valence-corrected chi connectivity index (χ1v) is 7.02. The Bertz CT molecular complexity index is 614. The number of rotatable bonds is 5. The van der Waals surface area contributed by atoms with E-state index in [-0.39, 0.29) is 5.91 Å². The van der Waals surface area contributed by atoms with Crippen molar-refractivity contribution in [1.29, 1.82) is 0 Å². The minimum atomic E-state index is -0.0470. The Labute approximate surface area is 117 Å². The van der Waals surface area contributed by atoms with E-state index in [2.05, 4.69) is 22.4 Å². The van der Waals surface area contributed by atoms with E-state index in [9.17, 15) is 4.79 Å². The maximum atomic E-state index is 11.8. The summed E-state index contributed by atoms with van der Waals surface area (Å²) in [6.45, 7) is 4.12. The highest BCUT2D eigenvalue weighted by molar-refractivity contribution is 5.89. The Kier molecular flexibility index (Phi) is 3.34. The lowest BCUT2D eigenvalue weighted by Crippen LogP contribution is -2.12. The fourth-order valence-corrected chi connectivity index (χ4v) is 2.37. The minimum absolute atomic E-state index is 0.0470. The third kappa shape index (κ3) is 2.92. The van der Waals surface area contributed by atoms with Crippen molar-refractivity contribution < 1.29 is 9.21 Å². The topological polar surface area (TPSA) is 70.9 Å². The normalized spacial score (nSPS) is 20.9. The number of nitrogens with one attached hydrogen (secondary N) is 2. The molecule has 5 heteroatoms. The van der Waals surface area contributed by atoms with Crippen LogP contribution in [0.15, 0.2) is 22.6 Å². The third-order valence-electron chi connectivity index (χ3n) is 3.73. The zero-order chi connectivity index (χ0) is 14.1. The third-order valence-corrected chi connectivity index (χ3v) is 3.73. The lowest BCUT2D eigenvalue weighted by molar-refractivity contribution is -0.116. The Morgan fingerprint density at radius 3 is 3.00 bits per heavy atom. The number of H-pyrrole nitrogens is 1. The second-order valence-electron chi connectivity index (χ2n) is 5.61. The summed E-state index contributed by atoms with van der Waals surface area (Å²) in [5.41, 5.74) is 0.925. The van der Waals surface area contributed by atoms with E-state index in [0.29, 0.717) is 24.6 Å². The molecule has 106 valence electrons. The summed E-state index contributed by atoms with van der Waals surface area (Å²) in [4.78, 5) is 11.8. The van der Waals surface area contributed by atoms with Crippen LogP contribution in [0.5, 0.6) is 0 Å². The number of nitrogens with zero attached hydrogens (tertiary/aromatic N) is 1. The van der Waals surface area contributed by atoms with E-state index in [4.69, 9.17) is 4.42 Å². The summed E-state index contributed by atoms with van der Waals surface area (Å²) < 4.78 is 5.78. The molecule has 0 spiro atoms. The van der Waals surface area contributed by atoms with Crippen LogP contribution in [0.4, 0.5) is 5.82 Å². The molecule has 0 aromatic carbocycles. The fourth-order valence-electron chi connectivity index (χ4n) is 2.37. The van der Waals surface area contributed by atoms with Gasteiger partial charge in [0.25, 0.3) is 0 Å². The summed E-state index contributed by atoms with van der Waals surface area (Å²) in [6, 6.07) is 5.82. The number of aryl methyl sites for hydroxylation is 2. The standard InChI is InChI=1S/C15H19N3O2/c1-9-7-12(9)13-5-3-11(20-13)4-6-15(19)16-14-8-10(2)17-18-14/h3,5,8-9,12H,4,6-7H2,1-2H3,(H2,16,17,18,19). The maximum Gasteiger partial charge on any atom is 0.226 e. The molecule has 1 aliphatic rings. The summed E-state index contributed by atoms with van der Waals surface area (Å²) >= 11 is 0. The van der Waals surface area contributed by atoms with Crippen molar-refractivity contribution in [2.75, 3.05) is 5.32 Å². The number of hydrogen-bond acceptors (Lipinski definition) is 3. The van der Waals surface area contributed by atoms with E-state index < -0.39 is 0 Å². The molecular weight excluding hydrogens is 254 g/mol. The molecule has 1 aliphatic carbocycles. The van der Waals surface area contributed by atoms with Crippen molar-refractivity contribution in [1.82, 2.24) is 10.2 Å². The molecule has 5 nitrogen and oxygen atoms in total. The number of furan rings is 1. The first-order valence-electron chi connectivity index (χ1n) is 7.02. The van der Waals surface area contributed by atoms with Gasteiger partial charge in [-0.15, -0.1) is 0 Å². The van der Waals surface area contributed by atoms with Gasteiger partial charge >= 0.3 is 0 Å². The van der Waals surface area contributed by atoms with Gasteiger partial charge in [-0.2, -0.15) is 5.10 Å². The first-order chi connectivity index (χ1) is 9.61. The second kappa shape index (κ2) is 5.15. The van der Waals surface area contributed by atoms with E-state index in [0.717, 1.165) is 23.1 Å². The highest BCUT2D eigenvalue weighted by Gasteiger charge is 2.36. The molecule has 0 bridgehead atoms. The number of aromatic amines is 1. The number of carbonyl (C=O) groups excluding carboxylic acids is 1. The van der Waals surface area contributed by atoms with Gasteiger partial charge in [-0.3, -0.25) is 9.89 Å². The van der Waals surface area contributed by atoms with Crippen LogP contribution in [-0.4, -0.2) is 16.1 Å². The predicted molar refractivity (Wildman–Crippen MR) is 75.5 cm³/mol. The van der Waals surface area contributed by atoms with Gasteiger partial charge < -0.3 is 9.73 Å². The Morgan fingerprint density at radius 2 is 2.35 bits per heavy atom. The lowest BCUT2D eigenvalue weighted by Gasteiger charge is -2.00. The quantitative estimate of drug-likeness (QED) is 0.879. The van der Waals surface area contributed by atoms with Crippen LogP contribution in [0.2, 0.25) is 0 Å². The van der Waals surface area contributed by atoms with Crippen molar-refractivity contribution in [2.45, 2.75) is 39.0 Å². The summed E-state index contributed by atoms with van der Waals surface area (Å²) in [6.07, 6.45) is 2.24. The molecule has 1 fully saturated rings. The number of hydrogen-bond donors (Lipinski definition) is 2. The maximum absolute atomic E-state index is 11.8. The van der Waals surface area contributed by atoms with Crippen molar-refractivity contribution in [3.05, 3.63) is 35.4 Å². The monoisotopic (exact) mass is 273 g/mol. The molecule has 3 rings (SSSR count). The zero-order valence-electron chi connectivity index (χ0n) is 11.8. The average Bonchev–Trinajstić information content (AvgIpc) is 2.82. The fraction of sp³-hybridized carbons (Fsp3) is 0.467. The lowest BCUT2D eigenvalue weighted by atomic mass is 10.2. The predicted octanol–water partition coefficient (Wildman–Crippen LogP) is 3.01. The molecule has 2 heterocycles. The van der Waals surface area contributed by atoms with Crippen molar-refractivity contribution in [3.8, 4) is 0 Å². The molecule has 1 amide bonds. The van der Waals surface area contributed by atoms with Gasteiger partial charge in [-0.1, -0.05) is 6.92 Å². The number of aromatic nitrogens is 2. The highest BCUT2D eigenvalue weighted by atomic mass is 16.3. The first kappa shape index (κ1) is 13.0. The van der Waals surface area contributed by atoms with Crippen molar-refractivity contribution >= 4 is 11.7 Å². The van der Waals surface area contributed by atoms with Crippen LogP contribution >= 0.6 is 0 Å². The van der Waals surface area contributed by atoms with E-state index >= 15 is 0 Å². The largest absolute Gasteiger partial charge is 0.466 e. The van der Waals surface area contributed by atoms with Crippen LogP contribution in [0.3, 0.4) is 0 Å². The Morgan fingerprint density at radius 1 is 1.55 bits per heavy atom. The van der Waals surface area contributed by atoms with Crippen molar-refractivity contribution in [2.24, 2.45) is 5.92 Å². The molecule has 2 unspecified atom stereocenters. The summed E-state index contributed by atoms with van der Waals surface area (Å²) in [5, 5.41) is 9.52. The van der Waals surface area contributed by atoms with Crippen molar-refractivity contribution in [3.63, 3.8) is 0 Å². The van der Waals surface area contributed by atoms with Gasteiger partial charge in [0.05, 0.1) is 0 Å². The van der Waals surface area contributed by atoms with Gasteiger partial charge in [0.15, 0.2) is 5.82 Å². The molecule has 2 aromatic rings. The van der Waals surface area contributed by atoms with Gasteiger partial charge in [-0.25, -0.2) is 0 Å². The van der Waals surface area contributed by atoms with E-state index in [1.807, 2.05) is 19.1 Å². The Hall–Kier alpha value is -2.04. The number of carbonyl (C=O) groups is 1. The Balaban J connectivity index is 1.49. The SMILES string of the molecule is Cc1cc(NC(=O)CCc2ccc(C3CC3C)o2)n[nH]1. The zero-order valence-corrected chi connectivity index (χ0v) is 11.8. The molecule has 20 heavy (non-hydrogen) atoms. The molecule has 2 atom stereocenters. The summed E-state index contributed by atoms with van der Waals surface area (Å²) in [5.74, 6) is 3.79. The van der Waals surface area contributed by atoms with E-state index in [1.165, 1.54) is 6.42 Å². The molecule has 1 saturated carbocycles. The smallest absolute Gasteiger partial charge is 0.226 e. The van der Waals surface area contributed by atoms with E-state index in [1.54, 1.807) is 6.07 Å². The molecule has 2 aromatic heterocycles. The average molecular weight is 273 g/mol. The summed E-state index contributed by atoms with van der Waals surface area (Å²) in [7, 11) is 0. The molecule has 0 radical (unpaired) electrons. The van der Waals surface area contributed by atoms with Gasteiger partial charge in [0.2, 0.25) is 5.91 Å². The molecule has 0 saturated heterocycles. The van der Waals surface area contributed by atoms with Gasteiger partial charge in [-0.05, 0) is 31.4 Å². The van der Waals surface area contributed by atoms with Crippen LogP contribution in [0.25, 0.3) is 0 Å². The minimum Gasteiger partial charge on any atom is -0.466 e. The molecule has 2 N–H and O–H groups in total. The van der Waals surface area contributed by atoms with Crippen LogP contribution < -0.4 is 5.32 Å². The molecular formula is C15H19N3O2. The molecule has 0 aliphatic heterocycles. The van der Waals surface area contributed by atoms with Crippen LogP contribution in [-0.2, 0) is 11.2 Å². The number of anilines is 1. The van der Waals surface area contributed by atoms with Crippen LogP contribution in [0, 0.1) is 12.8 Å².